The van der Waals surface area contributed by atoms with Gasteiger partial charge in [-0.3, -0.25) is 4.79 Å². The quantitative estimate of drug-likeness (QED) is 0.848. The third-order valence-electron chi connectivity index (χ3n) is 2.95. The molecule has 7 heteroatoms. The third kappa shape index (κ3) is 4.70. The molecule has 0 unspecified atom stereocenters. The zero-order valence-corrected chi connectivity index (χ0v) is 12.6. The Bertz CT molecular complexity index is 529. The summed E-state index contributed by atoms with van der Waals surface area (Å²) in [6, 6.07) is 4.50. The smallest absolute Gasteiger partial charge is 0.393 e. The summed E-state index contributed by atoms with van der Waals surface area (Å²) in [5.41, 5.74) is 4.10. The first-order valence-electron chi connectivity index (χ1n) is 6.40. The molecule has 1 aromatic rings. The van der Waals surface area contributed by atoms with E-state index in [2.05, 4.69) is 0 Å². The number of benzene rings is 1. The molecule has 0 heterocycles. The normalized spacial score (nSPS) is 11.5. The molecule has 0 saturated carbocycles. The van der Waals surface area contributed by atoms with E-state index in [1.807, 2.05) is 0 Å². The average Bonchev–Trinajstić information content (AvgIpc) is 2.37. The molecule has 0 saturated heterocycles. The minimum absolute atomic E-state index is 0.192. The molecule has 0 aliphatic rings. The second kappa shape index (κ2) is 6.89. The van der Waals surface area contributed by atoms with Crippen molar-refractivity contribution in [1.29, 1.82) is 0 Å². The van der Waals surface area contributed by atoms with Gasteiger partial charge < -0.3 is 10.6 Å². The highest BCUT2D eigenvalue weighted by molar-refractivity contribution is 7.80. The van der Waals surface area contributed by atoms with Gasteiger partial charge in [-0.25, -0.2) is 0 Å². The van der Waals surface area contributed by atoms with Crippen LogP contribution < -0.4 is 5.73 Å². The number of nitrogens with two attached hydrogens (primary N) is 1. The van der Waals surface area contributed by atoms with Crippen LogP contribution in [0.5, 0.6) is 0 Å². The van der Waals surface area contributed by atoms with Crippen LogP contribution in [0.2, 0.25) is 0 Å². The van der Waals surface area contributed by atoms with Gasteiger partial charge in [0, 0.05) is 19.0 Å². The molecule has 3 nitrogen and oxygen atoms in total. The molecule has 2 N–H and O–H groups in total. The molecule has 1 rings (SSSR count). The largest absolute Gasteiger partial charge is 0.417 e. The summed E-state index contributed by atoms with van der Waals surface area (Å²) in [6.45, 7) is 3.65. The average molecular weight is 318 g/mol. The molecule has 0 aliphatic heterocycles. The summed E-state index contributed by atoms with van der Waals surface area (Å²) in [4.78, 5) is 14.0. The van der Waals surface area contributed by atoms with Crippen molar-refractivity contribution in [2.75, 3.05) is 6.54 Å². The van der Waals surface area contributed by atoms with Gasteiger partial charge in [-0.2, -0.15) is 13.2 Å². The Hall–Kier alpha value is -1.63. The molecule has 1 amide bonds. The highest BCUT2D eigenvalue weighted by Gasteiger charge is 2.36. The molecule has 0 aromatic heterocycles. The Labute approximate surface area is 126 Å². The standard InChI is InChI=1S/C14H17F3N2OS/c1-9(2)19(8-7-12(18)21)13(20)10-5-3-4-6-11(10)14(15,16)17/h3-6,9H,7-8H2,1-2H3,(H2,18,21). The molecule has 0 aliphatic carbocycles. The topological polar surface area (TPSA) is 46.3 Å². The van der Waals surface area contributed by atoms with Crippen molar-refractivity contribution in [2.45, 2.75) is 32.5 Å². The van der Waals surface area contributed by atoms with E-state index in [-0.39, 0.29) is 29.6 Å². The van der Waals surface area contributed by atoms with Crippen LogP contribution in [0.4, 0.5) is 13.2 Å². The summed E-state index contributed by atoms with van der Waals surface area (Å²) in [6.07, 6.45) is -4.30. The lowest BCUT2D eigenvalue weighted by atomic mass is 10.0. The molecular weight excluding hydrogens is 301 g/mol. The molecule has 0 bridgehead atoms. The minimum Gasteiger partial charge on any atom is -0.393 e. The van der Waals surface area contributed by atoms with Crippen molar-refractivity contribution in [2.24, 2.45) is 5.73 Å². The van der Waals surface area contributed by atoms with Crippen LogP contribution in [0, 0.1) is 0 Å². The zero-order valence-electron chi connectivity index (χ0n) is 11.8. The Kier molecular flexibility index (Phi) is 5.71. The maximum Gasteiger partial charge on any atom is 0.417 e. The van der Waals surface area contributed by atoms with E-state index in [1.165, 1.54) is 23.1 Å². The van der Waals surface area contributed by atoms with Crippen LogP contribution in [0.15, 0.2) is 24.3 Å². The Balaban J connectivity index is 3.13. The molecule has 0 atom stereocenters. The van der Waals surface area contributed by atoms with Crippen LogP contribution >= 0.6 is 12.2 Å². The van der Waals surface area contributed by atoms with Gasteiger partial charge in [-0.15, -0.1) is 0 Å². The van der Waals surface area contributed by atoms with E-state index in [9.17, 15) is 18.0 Å². The number of amides is 1. The van der Waals surface area contributed by atoms with Gasteiger partial charge in [-0.1, -0.05) is 24.4 Å². The van der Waals surface area contributed by atoms with E-state index >= 15 is 0 Å². The van der Waals surface area contributed by atoms with Crippen molar-refractivity contribution in [3.63, 3.8) is 0 Å². The van der Waals surface area contributed by atoms with E-state index in [0.29, 0.717) is 0 Å². The number of rotatable bonds is 5. The predicted octanol–water partition coefficient (Wildman–Crippen LogP) is 3.23. The van der Waals surface area contributed by atoms with E-state index in [0.717, 1.165) is 6.07 Å². The summed E-state index contributed by atoms with van der Waals surface area (Å²) in [5, 5.41) is 0. The first-order chi connectivity index (χ1) is 9.64. The van der Waals surface area contributed by atoms with Gasteiger partial charge >= 0.3 is 6.18 Å². The zero-order chi connectivity index (χ0) is 16.2. The Morgan fingerprint density at radius 3 is 2.38 bits per heavy atom. The lowest BCUT2D eigenvalue weighted by molar-refractivity contribution is -0.138. The minimum atomic E-state index is -4.57. The molecular formula is C14H17F3N2OS. The highest BCUT2D eigenvalue weighted by Crippen LogP contribution is 2.32. The Morgan fingerprint density at radius 2 is 1.90 bits per heavy atom. The number of carbonyl (C=O) groups excluding carboxylic acids is 1. The number of carbonyl (C=O) groups is 1. The van der Waals surface area contributed by atoms with E-state index < -0.39 is 17.6 Å². The maximum atomic E-state index is 13.0. The fraction of sp³-hybridized carbons (Fsp3) is 0.429. The van der Waals surface area contributed by atoms with Crippen LogP contribution in [0.3, 0.4) is 0 Å². The van der Waals surface area contributed by atoms with Gasteiger partial charge in [-0.05, 0) is 26.0 Å². The van der Waals surface area contributed by atoms with Crippen molar-refractivity contribution < 1.29 is 18.0 Å². The van der Waals surface area contributed by atoms with Crippen LogP contribution in [0.1, 0.15) is 36.2 Å². The van der Waals surface area contributed by atoms with Gasteiger partial charge in [0.2, 0.25) is 0 Å². The monoisotopic (exact) mass is 318 g/mol. The molecule has 0 radical (unpaired) electrons. The highest BCUT2D eigenvalue weighted by atomic mass is 32.1. The van der Waals surface area contributed by atoms with Crippen molar-refractivity contribution in [3.8, 4) is 0 Å². The van der Waals surface area contributed by atoms with Crippen molar-refractivity contribution in [3.05, 3.63) is 35.4 Å². The number of thiocarbonyl (C=S) groups is 1. The van der Waals surface area contributed by atoms with Crippen LogP contribution in [-0.4, -0.2) is 28.4 Å². The van der Waals surface area contributed by atoms with E-state index in [4.69, 9.17) is 18.0 Å². The first-order valence-corrected chi connectivity index (χ1v) is 6.81. The van der Waals surface area contributed by atoms with Gasteiger partial charge in [0.05, 0.1) is 16.1 Å². The molecule has 0 spiro atoms. The van der Waals surface area contributed by atoms with Crippen molar-refractivity contribution in [1.82, 2.24) is 4.90 Å². The second-order valence-corrected chi connectivity index (χ2v) is 5.38. The second-order valence-electron chi connectivity index (χ2n) is 4.85. The predicted molar refractivity (Wildman–Crippen MR) is 79.0 cm³/mol. The molecule has 1 aromatic carbocycles. The number of alkyl halides is 3. The van der Waals surface area contributed by atoms with Gasteiger partial charge in [0.1, 0.15) is 0 Å². The van der Waals surface area contributed by atoms with E-state index in [1.54, 1.807) is 13.8 Å². The molecule has 116 valence electrons. The fourth-order valence-corrected chi connectivity index (χ4v) is 1.99. The fourth-order valence-electron chi connectivity index (χ4n) is 1.90. The lowest BCUT2D eigenvalue weighted by Gasteiger charge is -2.27. The summed E-state index contributed by atoms with van der Waals surface area (Å²) in [5.74, 6) is -0.672. The molecule has 0 fully saturated rings. The third-order valence-corrected chi connectivity index (χ3v) is 3.15. The molecule has 21 heavy (non-hydrogen) atoms. The van der Waals surface area contributed by atoms with Gasteiger partial charge in [0.25, 0.3) is 5.91 Å². The maximum absolute atomic E-state index is 13.0. The number of nitrogens with zero attached hydrogens (tertiary/aromatic N) is 1. The SMILES string of the molecule is CC(C)N(CCC(N)=S)C(=O)c1ccccc1C(F)(F)F. The number of hydrogen-bond donors (Lipinski definition) is 1. The Morgan fingerprint density at radius 1 is 1.33 bits per heavy atom. The number of halogens is 3. The summed E-state index contributed by atoms with van der Waals surface area (Å²) < 4.78 is 38.9. The van der Waals surface area contributed by atoms with Crippen LogP contribution in [0.25, 0.3) is 0 Å². The lowest BCUT2D eigenvalue weighted by Crippen LogP contribution is -2.39. The van der Waals surface area contributed by atoms with Crippen LogP contribution in [-0.2, 0) is 6.18 Å². The first kappa shape index (κ1) is 17.4. The van der Waals surface area contributed by atoms with Gasteiger partial charge in [0.15, 0.2) is 0 Å². The van der Waals surface area contributed by atoms with Crippen molar-refractivity contribution >= 4 is 23.1 Å². The number of hydrogen-bond acceptors (Lipinski definition) is 2. The summed E-state index contributed by atoms with van der Waals surface area (Å²) in [7, 11) is 0. The summed E-state index contributed by atoms with van der Waals surface area (Å²) >= 11 is 4.75.